The highest BCUT2D eigenvalue weighted by molar-refractivity contribution is 5.84. The summed E-state index contributed by atoms with van der Waals surface area (Å²) in [5.41, 5.74) is -0.428. The van der Waals surface area contributed by atoms with Crippen LogP contribution in [-0.4, -0.2) is 81.2 Å². The Labute approximate surface area is 165 Å². The van der Waals surface area contributed by atoms with Gasteiger partial charge in [-0.1, -0.05) is 12.8 Å². The molecule has 1 saturated heterocycles. The molecular formula is C19H34F3N5O. The predicted molar refractivity (Wildman–Crippen MR) is 104 cm³/mol. The van der Waals surface area contributed by atoms with Crippen molar-refractivity contribution in [1.82, 2.24) is 20.4 Å². The first kappa shape index (κ1) is 22.8. The minimum atomic E-state index is -4.15. The van der Waals surface area contributed by atoms with Crippen LogP contribution in [0.25, 0.3) is 0 Å². The highest BCUT2D eigenvalue weighted by Crippen LogP contribution is 2.39. The van der Waals surface area contributed by atoms with E-state index in [4.69, 9.17) is 0 Å². The number of hydrogen-bond donors (Lipinski definition) is 2. The Hall–Kier alpha value is -1.51. The molecule has 6 nitrogen and oxygen atoms in total. The molecule has 1 heterocycles. The SMILES string of the molecule is CCNC(=NCC1(C(=O)N(C)C)CCCC1)NCC1CCN(CC(F)(F)F)C1. The van der Waals surface area contributed by atoms with Crippen molar-refractivity contribution in [3.05, 3.63) is 0 Å². The molecule has 2 aliphatic rings. The Morgan fingerprint density at radius 2 is 1.93 bits per heavy atom. The third-order valence-corrected chi connectivity index (χ3v) is 5.64. The molecule has 0 aromatic heterocycles. The average Bonchev–Trinajstić information content (AvgIpc) is 3.25. The van der Waals surface area contributed by atoms with Crippen molar-refractivity contribution in [1.29, 1.82) is 0 Å². The summed E-state index contributed by atoms with van der Waals surface area (Å²) in [6.07, 6.45) is 0.370. The van der Waals surface area contributed by atoms with Crippen LogP contribution in [0, 0.1) is 11.3 Å². The Bertz CT molecular complexity index is 544. The van der Waals surface area contributed by atoms with Crippen LogP contribution in [0.5, 0.6) is 0 Å². The Morgan fingerprint density at radius 3 is 2.50 bits per heavy atom. The van der Waals surface area contributed by atoms with Gasteiger partial charge >= 0.3 is 6.18 Å². The maximum atomic E-state index is 12.7. The third-order valence-electron chi connectivity index (χ3n) is 5.64. The van der Waals surface area contributed by atoms with E-state index in [1.165, 1.54) is 4.90 Å². The number of carbonyl (C=O) groups is 1. The van der Waals surface area contributed by atoms with Gasteiger partial charge in [0.2, 0.25) is 5.91 Å². The average molecular weight is 406 g/mol. The summed E-state index contributed by atoms with van der Waals surface area (Å²) < 4.78 is 37.6. The number of nitrogens with one attached hydrogen (secondary N) is 2. The highest BCUT2D eigenvalue weighted by atomic mass is 19.4. The normalized spacial score (nSPS) is 23.1. The quantitative estimate of drug-likeness (QED) is 0.503. The molecule has 28 heavy (non-hydrogen) atoms. The van der Waals surface area contributed by atoms with Crippen LogP contribution >= 0.6 is 0 Å². The van der Waals surface area contributed by atoms with E-state index in [-0.39, 0.29) is 11.8 Å². The van der Waals surface area contributed by atoms with Crippen molar-refractivity contribution in [3.63, 3.8) is 0 Å². The fraction of sp³-hybridized carbons (Fsp3) is 0.895. The molecule has 0 spiro atoms. The molecule has 0 bridgehead atoms. The fourth-order valence-corrected chi connectivity index (χ4v) is 4.26. The summed E-state index contributed by atoms with van der Waals surface area (Å²) in [4.78, 5) is 20.4. The van der Waals surface area contributed by atoms with E-state index in [1.807, 2.05) is 6.92 Å². The lowest BCUT2D eigenvalue weighted by molar-refractivity contribution is -0.143. The van der Waals surface area contributed by atoms with Crippen LogP contribution in [0.1, 0.15) is 39.0 Å². The van der Waals surface area contributed by atoms with E-state index >= 15 is 0 Å². The molecule has 162 valence electrons. The van der Waals surface area contributed by atoms with E-state index in [0.29, 0.717) is 38.7 Å². The van der Waals surface area contributed by atoms with Crippen molar-refractivity contribution in [2.24, 2.45) is 16.3 Å². The summed E-state index contributed by atoms with van der Waals surface area (Å²) in [7, 11) is 3.56. The number of carbonyl (C=O) groups excluding carboxylic acids is 1. The van der Waals surface area contributed by atoms with Crippen LogP contribution in [0.2, 0.25) is 0 Å². The molecule has 1 aliphatic heterocycles. The van der Waals surface area contributed by atoms with Gasteiger partial charge in [0.15, 0.2) is 5.96 Å². The lowest BCUT2D eigenvalue weighted by Gasteiger charge is -2.29. The second-order valence-corrected chi connectivity index (χ2v) is 8.27. The molecule has 1 saturated carbocycles. The number of guanidine groups is 1. The van der Waals surface area contributed by atoms with Gasteiger partial charge in [-0.3, -0.25) is 14.7 Å². The number of aliphatic imine (C=N–C) groups is 1. The van der Waals surface area contributed by atoms with Gasteiger partial charge in [0.25, 0.3) is 0 Å². The number of nitrogens with zero attached hydrogens (tertiary/aromatic N) is 3. The van der Waals surface area contributed by atoms with Crippen molar-refractivity contribution < 1.29 is 18.0 Å². The van der Waals surface area contributed by atoms with Crippen molar-refractivity contribution in [2.75, 3.05) is 53.4 Å². The summed E-state index contributed by atoms with van der Waals surface area (Å²) in [6.45, 7) is 3.74. The van der Waals surface area contributed by atoms with E-state index < -0.39 is 18.1 Å². The zero-order chi connectivity index (χ0) is 20.8. The van der Waals surface area contributed by atoms with Crippen molar-refractivity contribution >= 4 is 11.9 Å². The standard InChI is InChI=1S/C19H34F3N5O/c1-4-23-17(24-11-15-7-10-27(12-15)14-19(20,21)22)25-13-18(8-5-6-9-18)16(28)26(2)3/h15H,4-14H2,1-3H3,(H2,23,24,25). The molecule has 1 unspecified atom stereocenters. The summed E-state index contributed by atoms with van der Waals surface area (Å²) in [5, 5.41) is 6.45. The highest BCUT2D eigenvalue weighted by Gasteiger charge is 2.42. The fourth-order valence-electron chi connectivity index (χ4n) is 4.26. The lowest BCUT2D eigenvalue weighted by atomic mass is 9.85. The molecule has 0 aromatic carbocycles. The molecular weight excluding hydrogens is 371 g/mol. The first-order valence-corrected chi connectivity index (χ1v) is 10.2. The Kier molecular flexibility index (Phi) is 7.97. The van der Waals surface area contributed by atoms with Crippen LogP contribution in [0.15, 0.2) is 4.99 Å². The number of halogens is 3. The number of alkyl halides is 3. The molecule has 9 heteroatoms. The molecule has 2 fully saturated rings. The molecule has 2 N–H and O–H groups in total. The van der Waals surface area contributed by atoms with E-state index in [0.717, 1.165) is 32.1 Å². The zero-order valence-electron chi connectivity index (χ0n) is 17.2. The van der Waals surface area contributed by atoms with Crippen LogP contribution < -0.4 is 10.6 Å². The van der Waals surface area contributed by atoms with Gasteiger partial charge in [-0.25, -0.2) is 0 Å². The number of likely N-dealkylation sites (tertiary alicyclic amines) is 1. The molecule has 2 rings (SSSR count). The van der Waals surface area contributed by atoms with Gasteiger partial charge in [-0.15, -0.1) is 0 Å². The van der Waals surface area contributed by atoms with Gasteiger partial charge in [0.1, 0.15) is 0 Å². The number of hydrogen-bond acceptors (Lipinski definition) is 3. The van der Waals surface area contributed by atoms with E-state index in [1.54, 1.807) is 19.0 Å². The number of amides is 1. The summed E-state index contributed by atoms with van der Waals surface area (Å²) in [5.74, 6) is 0.924. The Morgan fingerprint density at radius 1 is 1.25 bits per heavy atom. The molecule has 0 radical (unpaired) electrons. The minimum Gasteiger partial charge on any atom is -0.357 e. The van der Waals surface area contributed by atoms with Gasteiger partial charge in [-0.2, -0.15) is 13.2 Å². The van der Waals surface area contributed by atoms with Crippen LogP contribution in [0.4, 0.5) is 13.2 Å². The van der Waals surface area contributed by atoms with Gasteiger partial charge in [0.05, 0.1) is 18.5 Å². The van der Waals surface area contributed by atoms with E-state index in [9.17, 15) is 18.0 Å². The minimum absolute atomic E-state index is 0.128. The third kappa shape index (κ3) is 6.53. The summed E-state index contributed by atoms with van der Waals surface area (Å²) >= 11 is 0. The van der Waals surface area contributed by atoms with E-state index in [2.05, 4.69) is 15.6 Å². The van der Waals surface area contributed by atoms with Gasteiger partial charge < -0.3 is 15.5 Å². The molecule has 1 amide bonds. The maximum Gasteiger partial charge on any atom is 0.401 e. The summed E-state index contributed by atoms with van der Waals surface area (Å²) in [6, 6.07) is 0. The number of rotatable bonds is 7. The smallest absolute Gasteiger partial charge is 0.357 e. The van der Waals surface area contributed by atoms with Crippen LogP contribution in [-0.2, 0) is 4.79 Å². The zero-order valence-corrected chi connectivity index (χ0v) is 17.2. The lowest BCUT2D eigenvalue weighted by Crippen LogP contribution is -2.44. The Balaban J connectivity index is 1.91. The first-order chi connectivity index (χ1) is 13.1. The second kappa shape index (κ2) is 9.80. The maximum absolute atomic E-state index is 12.7. The van der Waals surface area contributed by atoms with Crippen LogP contribution in [0.3, 0.4) is 0 Å². The van der Waals surface area contributed by atoms with Gasteiger partial charge in [0, 0.05) is 33.7 Å². The topological polar surface area (TPSA) is 60.0 Å². The monoisotopic (exact) mass is 405 g/mol. The van der Waals surface area contributed by atoms with Gasteiger partial charge in [-0.05, 0) is 38.6 Å². The molecule has 1 aliphatic carbocycles. The van der Waals surface area contributed by atoms with Crippen molar-refractivity contribution in [2.45, 2.75) is 45.2 Å². The molecule has 1 atom stereocenters. The predicted octanol–water partition coefficient (Wildman–Crippen LogP) is 2.07. The first-order valence-electron chi connectivity index (χ1n) is 10.2. The largest absolute Gasteiger partial charge is 0.401 e. The molecule has 0 aromatic rings. The second-order valence-electron chi connectivity index (χ2n) is 8.27. The van der Waals surface area contributed by atoms with Crippen molar-refractivity contribution in [3.8, 4) is 0 Å².